The molecule has 1 fully saturated rings. The lowest BCUT2D eigenvalue weighted by atomic mass is 10.0. The van der Waals surface area contributed by atoms with Crippen molar-refractivity contribution in [2.24, 2.45) is 5.41 Å². The van der Waals surface area contributed by atoms with Gasteiger partial charge in [-0.05, 0) is 36.3 Å². The second kappa shape index (κ2) is 6.19. The minimum atomic E-state index is -0.434. The summed E-state index contributed by atoms with van der Waals surface area (Å²) in [7, 11) is 1.42. The lowest BCUT2D eigenvalue weighted by Gasteiger charge is -2.14. The molecule has 1 saturated carbocycles. The third-order valence-electron chi connectivity index (χ3n) is 3.87. The molecule has 2 N–H and O–H groups in total. The molecule has 0 bridgehead atoms. The molecule has 1 aromatic carbocycles. The molecule has 2 rings (SSSR count). The molecule has 0 heterocycles. The molecular formula is C14H20N2O4. The Hall–Kier alpha value is -1.66. The van der Waals surface area contributed by atoms with E-state index < -0.39 is 4.92 Å². The molecule has 0 amide bonds. The van der Waals surface area contributed by atoms with Crippen LogP contribution in [-0.4, -0.2) is 30.3 Å². The molecule has 1 aliphatic carbocycles. The van der Waals surface area contributed by atoms with Gasteiger partial charge in [0.05, 0.1) is 12.0 Å². The lowest BCUT2D eigenvalue weighted by molar-refractivity contribution is -0.385. The molecule has 0 atom stereocenters. The van der Waals surface area contributed by atoms with E-state index in [1.54, 1.807) is 6.07 Å². The maximum atomic E-state index is 10.9. The number of ether oxygens (including phenoxy) is 1. The van der Waals surface area contributed by atoms with Gasteiger partial charge >= 0.3 is 5.69 Å². The van der Waals surface area contributed by atoms with Gasteiger partial charge in [0.1, 0.15) is 0 Å². The number of rotatable bonds is 8. The number of hydrogen-bond acceptors (Lipinski definition) is 5. The van der Waals surface area contributed by atoms with Crippen LogP contribution in [0.25, 0.3) is 0 Å². The molecule has 6 nitrogen and oxygen atoms in total. The summed E-state index contributed by atoms with van der Waals surface area (Å²) in [5, 5.41) is 23.3. The summed E-state index contributed by atoms with van der Waals surface area (Å²) in [6.07, 6.45) is 3.11. The number of nitrogens with one attached hydrogen (secondary N) is 1. The maximum absolute atomic E-state index is 10.9. The molecule has 0 saturated heterocycles. The van der Waals surface area contributed by atoms with Crippen LogP contribution >= 0.6 is 0 Å². The zero-order valence-electron chi connectivity index (χ0n) is 11.6. The minimum absolute atomic E-state index is 0.0108. The monoisotopic (exact) mass is 280 g/mol. The van der Waals surface area contributed by atoms with E-state index in [1.807, 2.05) is 6.07 Å². The van der Waals surface area contributed by atoms with Crippen molar-refractivity contribution in [2.75, 3.05) is 20.3 Å². The van der Waals surface area contributed by atoms with Crippen molar-refractivity contribution in [3.8, 4) is 5.75 Å². The Balaban J connectivity index is 1.93. The van der Waals surface area contributed by atoms with Gasteiger partial charge in [-0.15, -0.1) is 0 Å². The normalized spacial score (nSPS) is 15.9. The Bertz CT molecular complexity index is 486. The third kappa shape index (κ3) is 3.46. The summed E-state index contributed by atoms with van der Waals surface area (Å²) in [5.41, 5.74) is 1.09. The fraction of sp³-hybridized carbons (Fsp3) is 0.571. The Labute approximate surface area is 117 Å². The van der Waals surface area contributed by atoms with Crippen molar-refractivity contribution >= 4 is 5.69 Å². The summed E-state index contributed by atoms with van der Waals surface area (Å²) >= 11 is 0. The van der Waals surface area contributed by atoms with Crippen LogP contribution in [0.15, 0.2) is 18.2 Å². The molecule has 0 spiro atoms. The van der Waals surface area contributed by atoms with Gasteiger partial charge in [0.25, 0.3) is 0 Å². The SMILES string of the molecule is COc1ccc(CNCC2(CCO)CC2)cc1[N+](=O)[O-]. The molecule has 110 valence electrons. The standard InChI is InChI=1S/C14H20N2O4/c1-20-13-3-2-11(8-12(13)16(18)19)9-15-10-14(4-5-14)6-7-17/h2-3,8,15,17H,4-7,9-10H2,1H3. The summed E-state index contributed by atoms with van der Waals surface area (Å²) in [4.78, 5) is 10.5. The van der Waals surface area contributed by atoms with Gasteiger partial charge in [-0.2, -0.15) is 0 Å². The van der Waals surface area contributed by atoms with E-state index in [0.29, 0.717) is 6.54 Å². The lowest BCUT2D eigenvalue weighted by Crippen LogP contribution is -2.24. The topological polar surface area (TPSA) is 84.6 Å². The van der Waals surface area contributed by atoms with Crippen LogP contribution in [-0.2, 0) is 6.54 Å². The van der Waals surface area contributed by atoms with Crippen molar-refractivity contribution in [1.82, 2.24) is 5.32 Å². The third-order valence-corrected chi connectivity index (χ3v) is 3.87. The number of benzene rings is 1. The van der Waals surface area contributed by atoms with Crippen LogP contribution < -0.4 is 10.1 Å². The summed E-state index contributed by atoms with van der Waals surface area (Å²) in [6.45, 7) is 1.64. The zero-order valence-corrected chi connectivity index (χ0v) is 11.6. The summed E-state index contributed by atoms with van der Waals surface area (Å²) < 4.78 is 4.97. The predicted molar refractivity (Wildman–Crippen MR) is 74.7 cm³/mol. The highest BCUT2D eigenvalue weighted by Gasteiger charge is 2.41. The number of nitrogens with zero attached hydrogens (tertiary/aromatic N) is 1. The second-order valence-corrected chi connectivity index (χ2v) is 5.34. The van der Waals surface area contributed by atoms with Crippen LogP contribution in [0.5, 0.6) is 5.75 Å². The number of nitro benzene ring substituents is 1. The molecule has 6 heteroatoms. The first-order valence-electron chi connectivity index (χ1n) is 6.73. The molecule has 0 unspecified atom stereocenters. The van der Waals surface area contributed by atoms with Gasteiger partial charge in [-0.3, -0.25) is 10.1 Å². The van der Waals surface area contributed by atoms with Gasteiger partial charge in [0, 0.05) is 25.8 Å². The summed E-state index contributed by atoms with van der Waals surface area (Å²) in [5.74, 6) is 0.276. The van der Waals surface area contributed by atoms with Crippen LogP contribution in [0.3, 0.4) is 0 Å². The van der Waals surface area contributed by atoms with Crippen molar-refractivity contribution < 1.29 is 14.8 Å². The average Bonchev–Trinajstić information content (AvgIpc) is 3.19. The van der Waals surface area contributed by atoms with Crippen LogP contribution in [0.4, 0.5) is 5.69 Å². The zero-order chi connectivity index (χ0) is 14.6. The number of methoxy groups -OCH3 is 1. The van der Waals surface area contributed by atoms with Crippen molar-refractivity contribution in [2.45, 2.75) is 25.8 Å². The Morgan fingerprint density at radius 1 is 1.50 bits per heavy atom. The highest BCUT2D eigenvalue weighted by molar-refractivity contribution is 5.48. The molecular weight excluding hydrogens is 260 g/mol. The quantitative estimate of drug-likeness (QED) is 0.561. The highest BCUT2D eigenvalue weighted by atomic mass is 16.6. The largest absolute Gasteiger partial charge is 0.490 e. The van der Waals surface area contributed by atoms with Gasteiger partial charge < -0.3 is 15.2 Å². The Morgan fingerprint density at radius 2 is 2.25 bits per heavy atom. The van der Waals surface area contributed by atoms with Gasteiger partial charge in [0.2, 0.25) is 0 Å². The number of hydrogen-bond donors (Lipinski definition) is 2. The van der Waals surface area contributed by atoms with Crippen LogP contribution in [0.1, 0.15) is 24.8 Å². The molecule has 0 aliphatic heterocycles. The predicted octanol–water partition coefficient (Wildman–Crippen LogP) is 1.86. The van der Waals surface area contributed by atoms with Crippen molar-refractivity contribution in [1.29, 1.82) is 0 Å². The molecule has 0 aromatic heterocycles. The molecule has 20 heavy (non-hydrogen) atoms. The smallest absolute Gasteiger partial charge is 0.311 e. The second-order valence-electron chi connectivity index (χ2n) is 5.34. The van der Waals surface area contributed by atoms with E-state index in [2.05, 4.69) is 5.32 Å². The Kier molecular flexibility index (Phi) is 4.57. The average molecular weight is 280 g/mol. The van der Waals surface area contributed by atoms with Gasteiger partial charge in [-0.1, -0.05) is 6.07 Å². The van der Waals surface area contributed by atoms with Gasteiger partial charge in [0.15, 0.2) is 5.75 Å². The fourth-order valence-electron chi connectivity index (χ4n) is 2.39. The summed E-state index contributed by atoms with van der Waals surface area (Å²) in [6, 6.07) is 4.98. The minimum Gasteiger partial charge on any atom is -0.490 e. The Morgan fingerprint density at radius 3 is 2.80 bits per heavy atom. The molecule has 1 aliphatic rings. The number of aliphatic hydroxyl groups excluding tert-OH is 1. The van der Waals surface area contributed by atoms with E-state index in [0.717, 1.165) is 31.4 Å². The first-order valence-corrected chi connectivity index (χ1v) is 6.73. The first-order chi connectivity index (χ1) is 9.60. The maximum Gasteiger partial charge on any atom is 0.311 e. The van der Waals surface area contributed by atoms with Crippen LogP contribution in [0, 0.1) is 15.5 Å². The number of nitro groups is 1. The highest BCUT2D eigenvalue weighted by Crippen LogP contribution is 2.47. The van der Waals surface area contributed by atoms with E-state index in [4.69, 9.17) is 9.84 Å². The first kappa shape index (κ1) is 14.7. The van der Waals surface area contributed by atoms with E-state index in [-0.39, 0.29) is 23.5 Å². The molecule has 1 aromatic rings. The van der Waals surface area contributed by atoms with Crippen LogP contribution in [0.2, 0.25) is 0 Å². The van der Waals surface area contributed by atoms with Gasteiger partial charge in [-0.25, -0.2) is 0 Å². The van der Waals surface area contributed by atoms with Crippen molar-refractivity contribution in [3.05, 3.63) is 33.9 Å². The molecule has 0 radical (unpaired) electrons. The van der Waals surface area contributed by atoms with E-state index in [1.165, 1.54) is 13.2 Å². The van der Waals surface area contributed by atoms with Crippen molar-refractivity contribution in [3.63, 3.8) is 0 Å². The van der Waals surface area contributed by atoms with E-state index in [9.17, 15) is 10.1 Å². The van der Waals surface area contributed by atoms with E-state index >= 15 is 0 Å². The fourth-order valence-corrected chi connectivity index (χ4v) is 2.39. The number of aliphatic hydroxyl groups is 1.